The second-order valence-corrected chi connectivity index (χ2v) is 4.73. The summed E-state index contributed by atoms with van der Waals surface area (Å²) in [7, 11) is 0. The summed E-state index contributed by atoms with van der Waals surface area (Å²) >= 11 is 7.67. The summed E-state index contributed by atoms with van der Waals surface area (Å²) in [5.41, 5.74) is 6.51. The van der Waals surface area contributed by atoms with Crippen LogP contribution in [-0.2, 0) is 6.54 Å². The smallest absolute Gasteiger partial charge is 0.101 e. The number of benzene rings is 1. The van der Waals surface area contributed by atoms with E-state index in [-0.39, 0.29) is 0 Å². The maximum atomic E-state index is 6.08. The third-order valence-corrected chi connectivity index (χ3v) is 3.40. The Morgan fingerprint density at radius 2 is 2.12 bits per heavy atom. The van der Waals surface area contributed by atoms with Crippen molar-refractivity contribution in [1.29, 1.82) is 0 Å². The molecule has 0 saturated carbocycles. The van der Waals surface area contributed by atoms with Crippen LogP contribution in [0.4, 0.5) is 0 Å². The summed E-state index contributed by atoms with van der Waals surface area (Å²) in [5, 5.41) is 1.67. The number of rotatable bonds is 3. The van der Waals surface area contributed by atoms with Crippen LogP contribution in [0.25, 0.3) is 0 Å². The first-order valence-corrected chi connectivity index (χ1v) is 6.06. The minimum atomic E-state index is 0.466. The lowest BCUT2D eigenvalue weighted by Gasteiger charge is -2.04. The van der Waals surface area contributed by atoms with Crippen molar-refractivity contribution >= 4 is 23.4 Å². The summed E-state index contributed by atoms with van der Waals surface area (Å²) in [4.78, 5) is 5.31. The van der Waals surface area contributed by atoms with Gasteiger partial charge in [-0.2, -0.15) is 0 Å². The van der Waals surface area contributed by atoms with Crippen molar-refractivity contribution in [3.05, 3.63) is 53.2 Å². The normalized spacial score (nSPS) is 10.4. The van der Waals surface area contributed by atoms with E-state index in [9.17, 15) is 0 Å². The third kappa shape index (κ3) is 2.76. The number of hydrogen-bond donors (Lipinski definition) is 1. The molecule has 0 fully saturated rings. The van der Waals surface area contributed by atoms with Gasteiger partial charge < -0.3 is 5.73 Å². The number of aromatic nitrogens is 1. The molecule has 16 heavy (non-hydrogen) atoms. The number of halogens is 1. The Morgan fingerprint density at radius 1 is 1.25 bits per heavy atom. The summed E-state index contributed by atoms with van der Waals surface area (Å²) in [6.07, 6.45) is 1.78. The molecule has 1 heterocycles. The first-order chi connectivity index (χ1) is 7.79. The zero-order valence-corrected chi connectivity index (χ0v) is 10.1. The van der Waals surface area contributed by atoms with Gasteiger partial charge in [-0.25, -0.2) is 4.98 Å². The fourth-order valence-electron chi connectivity index (χ4n) is 1.29. The van der Waals surface area contributed by atoms with Crippen molar-refractivity contribution in [2.24, 2.45) is 5.73 Å². The quantitative estimate of drug-likeness (QED) is 0.908. The molecule has 82 valence electrons. The minimum Gasteiger partial charge on any atom is -0.326 e. The van der Waals surface area contributed by atoms with Crippen LogP contribution in [0.1, 0.15) is 5.56 Å². The highest BCUT2D eigenvalue weighted by Gasteiger charge is 2.02. The Bertz CT molecular complexity index is 474. The molecule has 0 bridgehead atoms. The third-order valence-electron chi connectivity index (χ3n) is 2.10. The molecule has 0 aliphatic heterocycles. The van der Waals surface area contributed by atoms with Gasteiger partial charge in [-0.15, -0.1) is 0 Å². The van der Waals surface area contributed by atoms with Gasteiger partial charge in [0.05, 0.1) is 0 Å². The van der Waals surface area contributed by atoms with Crippen LogP contribution in [-0.4, -0.2) is 4.98 Å². The Hall–Kier alpha value is -1.03. The van der Waals surface area contributed by atoms with Gasteiger partial charge in [-0.3, -0.25) is 0 Å². The Kier molecular flexibility index (Phi) is 3.83. The highest BCUT2D eigenvalue weighted by Crippen LogP contribution is 2.29. The van der Waals surface area contributed by atoms with Gasteiger partial charge in [0.25, 0.3) is 0 Å². The molecule has 2 nitrogen and oxygen atoms in total. The first-order valence-electron chi connectivity index (χ1n) is 4.87. The Morgan fingerprint density at radius 3 is 2.75 bits per heavy atom. The molecule has 1 aromatic heterocycles. The average molecular weight is 251 g/mol. The van der Waals surface area contributed by atoms with Crippen molar-refractivity contribution in [2.45, 2.75) is 16.5 Å². The van der Waals surface area contributed by atoms with Gasteiger partial charge in [-0.05, 0) is 29.8 Å². The van der Waals surface area contributed by atoms with E-state index < -0.39 is 0 Å². The maximum absolute atomic E-state index is 6.08. The molecule has 0 radical (unpaired) electrons. The van der Waals surface area contributed by atoms with Gasteiger partial charge in [0, 0.05) is 22.7 Å². The second-order valence-electron chi connectivity index (χ2n) is 3.23. The van der Waals surface area contributed by atoms with Gasteiger partial charge in [0.1, 0.15) is 5.03 Å². The van der Waals surface area contributed by atoms with Gasteiger partial charge in [-0.1, -0.05) is 35.5 Å². The van der Waals surface area contributed by atoms with Crippen LogP contribution in [0.2, 0.25) is 5.02 Å². The fourth-order valence-corrected chi connectivity index (χ4v) is 2.42. The van der Waals surface area contributed by atoms with Gasteiger partial charge >= 0.3 is 0 Å². The van der Waals surface area contributed by atoms with Crippen LogP contribution >= 0.6 is 23.4 Å². The SMILES string of the molecule is NCc1ccc(Sc2ccccn2)cc1Cl. The minimum absolute atomic E-state index is 0.466. The summed E-state index contributed by atoms with van der Waals surface area (Å²) < 4.78 is 0. The maximum Gasteiger partial charge on any atom is 0.101 e. The zero-order chi connectivity index (χ0) is 11.4. The molecule has 0 saturated heterocycles. The summed E-state index contributed by atoms with van der Waals surface area (Å²) in [5.74, 6) is 0. The van der Waals surface area contributed by atoms with E-state index >= 15 is 0 Å². The average Bonchev–Trinajstić information content (AvgIpc) is 2.31. The molecule has 0 aliphatic carbocycles. The van der Waals surface area contributed by atoms with Crippen molar-refractivity contribution in [2.75, 3.05) is 0 Å². The lowest BCUT2D eigenvalue weighted by atomic mass is 10.2. The topological polar surface area (TPSA) is 38.9 Å². The van der Waals surface area contributed by atoms with Crippen LogP contribution in [0, 0.1) is 0 Å². The van der Waals surface area contributed by atoms with Crippen molar-refractivity contribution in [3.63, 3.8) is 0 Å². The molecule has 0 amide bonds. The van der Waals surface area contributed by atoms with Crippen molar-refractivity contribution in [1.82, 2.24) is 4.98 Å². The number of hydrogen-bond acceptors (Lipinski definition) is 3. The molecule has 1 aromatic carbocycles. The van der Waals surface area contributed by atoms with Crippen molar-refractivity contribution < 1.29 is 0 Å². The summed E-state index contributed by atoms with van der Waals surface area (Å²) in [6, 6.07) is 11.7. The van der Waals surface area contributed by atoms with E-state index in [0.717, 1.165) is 15.5 Å². The predicted octanol–water partition coefficient (Wildman–Crippen LogP) is 3.34. The highest BCUT2D eigenvalue weighted by atomic mass is 35.5. The lowest BCUT2D eigenvalue weighted by molar-refractivity contribution is 1.06. The Labute approximate surface area is 104 Å². The van der Waals surface area contributed by atoms with E-state index in [1.165, 1.54) is 0 Å². The number of nitrogens with zero attached hydrogens (tertiary/aromatic N) is 1. The fraction of sp³-hybridized carbons (Fsp3) is 0.0833. The van der Waals surface area contributed by atoms with Gasteiger partial charge in [0.2, 0.25) is 0 Å². The molecule has 4 heteroatoms. The van der Waals surface area contributed by atoms with E-state index in [0.29, 0.717) is 11.6 Å². The van der Waals surface area contributed by atoms with E-state index in [1.807, 2.05) is 36.4 Å². The van der Waals surface area contributed by atoms with Crippen molar-refractivity contribution in [3.8, 4) is 0 Å². The molecule has 0 aliphatic rings. The van der Waals surface area contributed by atoms with Gasteiger partial charge in [0.15, 0.2) is 0 Å². The zero-order valence-electron chi connectivity index (χ0n) is 8.56. The van der Waals surface area contributed by atoms with E-state index in [2.05, 4.69) is 4.98 Å². The molecule has 0 unspecified atom stereocenters. The monoisotopic (exact) mass is 250 g/mol. The molecule has 2 aromatic rings. The molecular weight excluding hydrogens is 240 g/mol. The molecule has 2 N–H and O–H groups in total. The van der Waals surface area contributed by atoms with E-state index in [4.69, 9.17) is 17.3 Å². The standard InChI is InChI=1S/C12H11ClN2S/c13-11-7-10(5-4-9(11)8-14)16-12-3-1-2-6-15-12/h1-7H,8,14H2. The van der Waals surface area contributed by atoms with E-state index in [1.54, 1.807) is 18.0 Å². The Balaban J connectivity index is 2.20. The second kappa shape index (κ2) is 5.34. The highest BCUT2D eigenvalue weighted by molar-refractivity contribution is 7.99. The number of nitrogens with two attached hydrogens (primary N) is 1. The first kappa shape index (κ1) is 11.5. The lowest BCUT2D eigenvalue weighted by Crippen LogP contribution is -1.96. The molecule has 0 atom stereocenters. The molecule has 0 spiro atoms. The molecular formula is C12H11ClN2S. The van der Waals surface area contributed by atoms with Crippen LogP contribution in [0.5, 0.6) is 0 Å². The molecule has 2 rings (SSSR count). The largest absolute Gasteiger partial charge is 0.326 e. The predicted molar refractivity (Wildman–Crippen MR) is 67.7 cm³/mol. The van der Waals surface area contributed by atoms with Crippen LogP contribution in [0.15, 0.2) is 52.5 Å². The summed E-state index contributed by atoms with van der Waals surface area (Å²) in [6.45, 7) is 0.466. The van der Waals surface area contributed by atoms with Crippen LogP contribution < -0.4 is 5.73 Å². The van der Waals surface area contributed by atoms with Crippen LogP contribution in [0.3, 0.4) is 0 Å². The number of pyridine rings is 1.